The number of nitrogens with one attached hydrogen (secondary N) is 2. The van der Waals surface area contributed by atoms with Gasteiger partial charge in [0.05, 0.1) is 4.92 Å². The molecule has 0 saturated heterocycles. The molecule has 0 aromatic heterocycles. The number of carbonyl (C=O) groups is 1. The largest absolute Gasteiger partial charge is 0.383 e. The lowest BCUT2D eigenvalue weighted by atomic mass is 9.93. The van der Waals surface area contributed by atoms with Crippen molar-refractivity contribution in [3.8, 4) is 0 Å². The van der Waals surface area contributed by atoms with Gasteiger partial charge in [-0.05, 0) is 31.4 Å². The maximum atomic E-state index is 12.0. The Kier molecular flexibility index (Phi) is 3.45. The first-order chi connectivity index (χ1) is 8.63. The number of benzene rings is 1. The van der Waals surface area contributed by atoms with Gasteiger partial charge < -0.3 is 10.6 Å². The number of nitrogens with zero attached hydrogens (tertiary/aromatic N) is 1. The van der Waals surface area contributed by atoms with Crippen LogP contribution in [0.2, 0.25) is 0 Å². The summed E-state index contributed by atoms with van der Waals surface area (Å²) in [5.74, 6) is -0.372. The summed E-state index contributed by atoms with van der Waals surface area (Å²) < 4.78 is 0. The minimum absolute atomic E-state index is 0.110. The van der Waals surface area contributed by atoms with Gasteiger partial charge in [0.2, 0.25) is 0 Å². The molecule has 1 saturated carbocycles. The zero-order valence-corrected chi connectivity index (χ0v) is 10.1. The van der Waals surface area contributed by atoms with E-state index in [1.54, 1.807) is 19.2 Å². The third-order valence-electron chi connectivity index (χ3n) is 3.17. The topological polar surface area (TPSA) is 84.3 Å². The highest BCUT2D eigenvalue weighted by Crippen LogP contribution is 2.29. The van der Waals surface area contributed by atoms with Crippen LogP contribution in [-0.4, -0.2) is 23.9 Å². The van der Waals surface area contributed by atoms with E-state index in [2.05, 4.69) is 10.6 Å². The average molecular weight is 249 g/mol. The molecule has 1 aromatic carbocycles. The second-order valence-electron chi connectivity index (χ2n) is 4.31. The van der Waals surface area contributed by atoms with Crippen molar-refractivity contribution in [2.45, 2.75) is 25.3 Å². The quantitative estimate of drug-likeness (QED) is 0.630. The van der Waals surface area contributed by atoms with E-state index in [1.165, 1.54) is 6.07 Å². The van der Waals surface area contributed by atoms with E-state index in [1.807, 2.05) is 0 Å². The number of anilines is 1. The van der Waals surface area contributed by atoms with Gasteiger partial charge in [0.1, 0.15) is 11.3 Å². The molecule has 1 amide bonds. The predicted molar refractivity (Wildman–Crippen MR) is 67.7 cm³/mol. The lowest BCUT2D eigenvalue weighted by Gasteiger charge is -2.26. The van der Waals surface area contributed by atoms with Gasteiger partial charge in [-0.25, -0.2) is 0 Å². The highest BCUT2D eigenvalue weighted by molar-refractivity contribution is 6.00. The normalized spacial score (nSPS) is 14.7. The molecule has 6 heteroatoms. The summed E-state index contributed by atoms with van der Waals surface area (Å²) in [6.45, 7) is 0. The molecule has 96 valence electrons. The van der Waals surface area contributed by atoms with Gasteiger partial charge in [-0.3, -0.25) is 14.9 Å². The van der Waals surface area contributed by atoms with E-state index in [0.717, 1.165) is 19.3 Å². The fourth-order valence-electron chi connectivity index (χ4n) is 1.94. The summed E-state index contributed by atoms with van der Waals surface area (Å²) in [5, 5.41) is 16.6. The minimum atomic E-state index is -0.526. The number of rotatable bonds is 4. The Balaban J connectivity index is 2.30. The molecular weight excluding hydrogens is 234 g/mol. The van der Waals surface area contributed by atoms with Crippen LogP contribution < -0.4 is 10.6 Å². The number of para-hydroxylation sites is 1. The first-order valence-electron chi connectivity index (χ1n) is 5.89. The molecule has 1 fully saturated rings. The number of nitro groups is 1. The Morgan fingerprint density at radius 3 is 2.67 bits per heavy atom. The molecule has 2 N–H and O–H groups in total. The summed E-state index contributed by atoms with van der Waals surface area (Å²) in [6, 6.07) is 4.86. The summed E-state index contributed by atoms with van der Waals surface area (Å²) in [7, 11) is 1.59. The van der Waals surface area contributed by atoms with Crippen molar-refractivity contribution in [2.24, 2.45) is 0 Å². The minimum Gasteiger partial charge on any atom is -0.383 e. The number of amides is 1. The second kappa shape index (κ2) is 5.03. The molecule has 0 heterocycles. The van der Waals surface area contributed by atoms with Crippen molar-refractivity contribution in [3.63, 3.8) is 0 Å². The van der Waals surface area contributed by atoms with Crippen molar-refractivity contribution in [3.05, 3.63) is 33.9 Å². The van der Waals surface area contributed by atoms with Crippen molar-refractivity contribution < 1.29 is 9.72 Å². The van der Waals surface area contributed by atoms with Crippen molar-refractivity contribution in [2.75, 3.05) is 12.4 Å². The number of nitro benzene ring substituents is 1. The van der Waals surface area contributed by atoms with Gasteiger partial charge in [0.15, 0.2) is 0 Å². The smallest absolute Gasteiger partial charge is 0.305 e. The van der Waals surface area contributed by atoms with E-state index in [9.17, 15) is 14.9 Å². The summed E-state index contributed by atoms with van der Waals surface area (Å²) >= 11 is 0. The van der Waals surface area contributed by atoms with Crippen molar-refractivity contribution in [1.29, 1.82) is 0 Å². The average Bonchev–Trinajstić information content (AvgIpc) is 2.32. The van der Waals surface area contributed by atoms with Crippen LogP contribution in [0.3, 0.4) is 0 Å². The van der Waals surface area contributed by atoms with Gasteiger partial charge in [0.25, 0.3) is 5.91 Å². The van der Waals surface area contributed by atoms with Crippen LogP contribution in [0.15, 0.2) is 18.2 Å². The Labute approximate surface area is 105 Å². The third-order valence-corrected chi connectivity index (χ3v) is 3.17. The van der Waals surface area contributed by atoms with E-state index in [-0.39, 0.29) is 23.2 Å². The van der Waals surface area contributed by atoms with E-state index >= 15 is 0 Å². The molecule has 0 aliphatic heterocycles. The Morgan fingerprint density at radius 2 is 2.17 bits per heavy atom. The molecular formula is C12H15N3O3. The Hall–Kier alpha value is -2.11. The lowest BCUT2D eigenvalue weighted by Crippen LogP contribution is -2.39. The molecule has 6 nitrogen and oxygen atoms in total. The van der Waals surface area contributed by atoms with Gasteiger partial charge in [0, 0.05) is 13.1 Å². The second-order valence-corrected chi connectivity index (χ2v) is 4.31. The predicted octanol–water partition coefficient (Wildman–Crippen LogP) is 1.92. The van der Waals surface area contributed by atoms with Crippen LogP contribution in [-0.2, 0) is 0 Å². The van der Waals surface area contributed by atoms with Gasteiger partial charge in [-0.2, -0.15) is 0 Å². The highest BCUT2D eigenvalue weighted by atomic mass is 16.6. The molecule has 2 rings (SSSR count). The molecule has 0 spiro atoms. The summed E-state index contributed by atoms with van der Waals surface area (Å²) in [6.07, 6.45) is 3.00. The Morgan fingerprint density at radius 1 is 1.44 bits per heavy atom. The van der Waals surface area contributed by atoms with Gasteiger partial charge >= 0.3 is 5.69 Å². The molecule has 1 aromatic rings. The SMILES string of the molecule is CNc1cccc(C(=O)NC2CCC2)c1[N+](=O)[O-]. The van der Waals surface area contributed by atoms with Crippen LogP contribution in [0.25, 0.3) is 0 Å². The van der Waals surface area contributed by atoms with Crippen LogP contribution in [0.5, 0.6) is 0 Å². The van der Waals surface area contributed by atoms with E-state index in [0.29, 0.717) is 5.69 Å². The molecule has 0 radical (unpaired) electrons. The van der Waals surface area contributed by atoms with Crippen LogP contribution >= 0.6 is 0 Å². The van der Waals surface area contributed by atoms with Crippen molar-refractivity contribution in [1.82, 2.24) is 5.32 Å². The molecule has 1 aliphatic rings. The maximum absolute atomic E-state index is 12.0. The van der Waals surface area contributed by atoms with Crippen LogP contribution in [0, 0.1) is 10.1 Å². The zero-order chi connectivity index (χ0) is 13.1. The van der Waals surface area contributed by atoms with Gasteiger partial charge in [-0.15, -0.1) is 0 Å². The highest BCUT2D eigenvalue weighted by Gasteiger charge is 2.27. The first-order valence-corrected chi connectivity index (χ1v) is 5.89. The molecule has 0 atom stereocenters. The monoisotopic (exact) mass is 249 g/mol. The number of hydrogen-bond acceptors (Lipinski definition) is 4. The number of hydrogen-bond donors (Lipinski definition) is 2. The van der Waals surface area contributed by atoms with Crippen LogP contribution in [0.4, 0.5) is 11.4 Å². The van der Waals surface area contributed by atoms with E-state index in [4.69, 9.17) is 0 Å². The lowest BCUT2D eigenvalue weighted by molar-refractivity contribution is -0.384. The van der Waals surface area contributed by atoms with Gasteiger partial charge in [-0.1, -0.05) is 6.07 Å². The van der Waals surface area contributed by atoms with Crippen LogP contribution in [0.1, 0.15) is 29.6 Å². The molecule has 0 bridgehead atoms. The fourth-order valence-corrected chi connectivity index (χ4v) is 1.94. The maximum Gasteiger partial charge on any atom is 0.305 e. The third kappa shape index (κ3) is 2.27. The molecule has 18 heavy (non-hydrogen) atoms. The first kappa shape index (κ1) is 12.3. The zero-order valence-electron chi connectivity index (χ0n) is 10.1. The summed E-state index contributed by atoms with van der Waals surface area (Å²) in [5.41, 5.74) is 0.289. The Bertz CT molecular complexity index is 483. The molecule has 1 aliphatic carbocycles. The van der Waals surface area contributed by atoms with E-state index < -0.39 is 4.92 Å². The fraction of sp³-hybridized carbons (Fsp3) is 0.417. The number of carbonyl (C=O) groups excluding carboxylic acids is 1. The summed E-state index contributed by atoms with van der Waals surface area (Å²) in [4.78, 5) is 22.5. The van der Waals surface area contributed by atoms with Crippen molar-refractivity contribution >= 4 is 17.3 Å². The molecule has 0 unspecified atom stereocenters. The standard InChI is InChI=1S/C12H15N3O3/c1-13-10-7-3-6-9(11(10)15(17)18)12(16)14-8-4-2-5-8/h3,6-8,13H,2,4-5H2,1H3,(H,14,16).